The van der Waals surface area contributed by atoms with Crippen molar-refractivity contribution in [3.8, 4) is 11.3 Å². The lowest BCUT2D eigenvalue weighted by Gasteiger charge is -2.19. The molecule has 1 aliphatic heterocycles. The molecule has 1 aliphatic rings. The number of fused-ring (bicyclic) bond motifs is 1. The standard InChI is InChI=1S/C20H22FN5O2/c21-16-4-2-14(3-5-16)20-15(11-22-23-20)12-25-8-1-9-26-18(13-25)10-17(24-26)6-7-19(27)28/h2-5,10-11H,1,6-9,12-13H2,(H,22,23)(H,27,28). The lowest BCUT2D eigenvalue weighted by molar-refractivity contribution is -0.136. The molecule has 2 N–H and O–H groups in total. The summed E-state index contributed by atoms with van der Waals surface area (Å²) in [6, 6.07) is 8.40. The van der Waals surface area contributed by atoms with Crippen molar-refractivity contribution in [3.63, 3.8) is 0 Å². The number of halogens is 1. The second-order valence-corrected chi connectivity index (χ2v) is 7.09. The summed E-state index contributed by atoms with van der Waals surface area (Å²) < 4.78 is 15.2. The van der Waals surface area contributed by atoms with Crippen molar-refractivity contribution in [3.05, 3.63) is 59.3 Å². The molecule has 146 valence electrons. The van der Waals surface area contributed by atoms with Crippen molar-refractivity contribution in [1.82, 2.24) is 24.9 Å². The second-order valence-electron chi connectivity index (χ2n) is 7.09. The van der Waals surface area contributed by atoms with Crippen LogP contribution >= 0.6 is 0 Å². The van der Waals surface area contributed by atoms with E-state index in [2.05, 4.69) is 20.2 Å². The zero-order valence-electron chi connectivity index (χ0n) is 15.4. The minimum Gasteiger partial charge on any atom is -0.481 e. The van der Waals surface area contributed by atoms with Crippen molar-refractivity contribution in [2.75, 3.05) is 6.54 Å². The van der Waals surface area contributed by atoms with Crippen molar-refractivity contribution < 1.29 is 14.3 Å². The molecule has 0 spiro atoms. The van der Waals surface area contributed by atoms with E-state index in [9.17, 15) is 9.18 Å². The zero-order chi connectivity index (χ0) is 19.5. The molecule has 0 unspecified atom stereocenters. The molecule has 28 heavy (non-hydrogen) atoms. The van der Waals surface area contributed by atoms with Gasteiger partial charge in [-0.2, -0.15) is 10.2 Å². The van der Waals surface area contributed by atoms with Crippen LogP contribution in [-0.4, -0.2) is 42.5 Å². The van der Waals surface area contributed by atoms with Gasteiger partial charge < -0.3 is 5.11 Å². The van der Waals surface area contributed by atoms with E-state index in [0.29, 0.717) is 6.42 Å². The van der Waals surface area contributed by atoms with Gasteiger partial charge in [-0.05, 0) is 36.8 Å². The molecule has 3 heterocycles. The smallest absolute Gasteiger partial charge is 0.303 e. The highest BCUT2D eigenvalue weighted by molar-refractivity contribution is 5.67. The number of benzene rings is 1. The molecular formula is C20H22FN5O2. The highest BCUT2D eigenvalue weighted by Gasteiger charge is 2.19. The van der Waals surface area contributed by atoms with E-state index in [1.54, 1.807) is 12.1 Å². The number of rotatable bonds is 6. The lowest BCUT2D eigenvalue weighted by Crippen LogP contribution is -2.22. The molecule has 0 saturated heterocycles. The number of aliphatic carboxylic acids is 1. The highest BCUT2D eigenvalue weighted by atomic mass is 19.1. The van der Waals surface area contributed by atoms with Crippen LogP contribution in [0.4, 0.5) is 4.39 Å². The van der Waals surface area contributed by atoms with Crippen LogP contribution in [0.5, 0.6) is 0 Å². The number of aromatic amines is 1. The summed E-state index contributed by atoms with van der Waals surface area (Å²) in [6.45, 7) is 3.23. The molecular weight excluding hydrogens is 361 g/mol. The summed E-state index contributed by atoms with van der Waals surface area (Å²) in [4.78, 5) is 13.1. The monoisotopic (exact) mass is 383 g/mol. The summed E-state index contributed by atoms with van der Waals surface area (Å²) in [5, 5.41) is 20.6. The molecule has 0 saturated carbocycles. The van der Waals surface area contributed by atoms with E-state index >= 15 is 0 Å². The number of nitrogens with one attached hydrogen (secondary N) is 1. The van der Waals surface area contributed by atoms with Crippen LogP contribution in [0.3, 0.4) is 0 Å². The highest BCUT2D eigenvalue weighted by Crippen LogP contribution is 2.24. The molecule has 0 aliphatic carbocycles. The molecule has 8 heteroatoms. The quantitative estimate of drug-likeness (QED) is 0.684. The molecule has 0 amide bonds. The molecule has 0 bridgehead atoms. The third-order valence-corrected chi connectivity index (χ3v) is 4.98. The second kappa shape index (κ2) is 7.93. The van der Waals surface area contributed by atoms with Gasteiger partial charge in [0.25, 0.3) is 0 Å². The fourth-order valence-electron chi connectivity index (χ4n) is 3.62. The predicted molar refractivity (Wildman–Crippen MR) is 101 cm³/mol. The molecule has 0 radical (unpaired) electrons. The Balaban J connectivity index is 1.48. The number of aromatic nitrogens is 4. The first kappa shape index (κ1) is 18.4. The molecule has 3 aromatic rings. The van der Waals surface area contributed by atoms with Gasteiger partial charge >= 0.3 is 5.97 Å². The first-order valence-electron chi connectivity index (χ1n) is 9.36. The number of carboxylic acids is 1. The Kier molecular flexibility index (Phi) is 5.21. The third kappa shape index (κ3) is 4.12. The Bertz CT molecular complexity index is 963. The first-order valence-corrected chi connectivity index (χ1v) is 9.36. The van der Waals surface area contributed by atoms with Crippen LogP contribution in [-0.2, 0) is 30.8 Å². The molecule has 7 nitrogen and oxygen atoms in total. The van der Waals surface area contributed by atoms with Gasteiger partial charge in [-0.1, -0.05) is 0 Å². The van der Waals surface area contributed by atoms with Crippen LogP contribution in [0.25, 0.3) is 11.3 Å². The minimum absolute atomic E-state index is 0.0935. The number of H-pyrrole nitrogens is 1. The first-order chi connectivity index (χ1) is 13.6. The van der Waals surface area contributed by atoms with Crippen LogP contribution < -0.4 is 0 Å². The van der Waals surface area contributed by atoms with Crippen LogP contribution in [0.15, 0.2) is 36.5 Å². The van der Waals surface area contributed by atoms with Gasteiger partial charge in [0.15, 0.2) is 0 Å². The topological polar surface area (TPSA) is 87.0 Å². The van der Waals surface area contributed by atoms with E-state index < -0.39 is 5.97 Å². The number of aryl methyl sites for hydroxylation is 2. The predicted octanol–water partition coefficient (Wildman–Crippen LogP) is 2.84. The number of hydrogen-bond donors (Lipinski definition) is 2. The van der Waals surface area contributed by atoms with E-state index in [4.69, 9.17) is 5.11 Å². The van der Waals surface area contributed by atoms with Gasteiger partial charge in [0, 0.05) is 43.7 Å². The summed E-state index contributed by atoms with van der Waals surface area (Å²) in [5.41, 5.74) is 4.80. The van der Waals surface area contributed by atoms with Gasteiger partial charge in [-0.15, -0.1) is 0 Å². The van der Waals surface area contributed by atoms with Crippen molar-refractivity contribution in [2.24, 2.45) is 0 Å². The van der Waals surface area contributed by atoms with Crippen LogP contribution in [0.1, 0.15) is 29.8 Å². The lowest BCUT2D eigenvalue weighted by atomic mass is 10.1. The normalized spacial score (nSPS) is 14.6. The van der Waals surface area contributed by atoms with Crippen LogP contribution in [0.2, 0.25) is 0 Å². The fourth-order valence-corrected chi connectivity index (χ4v) is 3.62. The molecule has 2 aromatic heterocycles. The average Bonchev–Trinajstić information content (AvgIpc) is 3.23. The Labute approximate surface area is 161 Å². The van der Waals surface area contributed by atoms with Crippen molar-refractivity contribution >= 4 is 5.97 Å². The van der Waals surface area contributed by atoms with Gasteiger partial charge in [0.05, 0.1) is 29.7 Å². The number of carboxylic acid groups (broad SMARTS) is 1. The summed E-state index contributed by atoms with van der Waals surface area (Å²) in [5.74, 6) is -1.07. The molecule has 0 fully saturated rings. The molecule has 1 aromatic carbocycles. The zero-order valence-corrected chi connectivity index (χ0v) is 15.4. The van der Waals surface area contributed by atoms with E-state index in [1.807, 2.05) is 16.9 Å². The number of hydrogen-bond acceptors (Lipinski definition) is 4. The Hall–Kier alpha value is -3.00. The largest absolute Gasteiger partial charge is 0.481 e. The molecule has 0 atom stereocenters. The van der Waals surface area contributed by atoms with Crippen LogP contribution in [0, 0.1) is 5.82 Å². The maximum Gasteiger partial charge on any atom is 0.303 e. The van der Waals surface area contributed by atoms with Gasteiger partial charge in [-0.3, -0.25) is 19.5 Å². The minimum atomic E-state index is -0.807. The Morgan fingerprint density at radius 1 is 1.25 bits per heavy atom. The van der Waals surface area contributed by atoms with E-state index in [0.717, 1.165) is 60.8 Å². The number of carbonyl (C=O) groups is 1. The maximum atomic E-state index is 13.2. The number of nitrogens with zero attached hydrogens (tertiary/aromatic N) is 4. The van der Waals surface area contributed by atoms with Gasteiger partial charge in [0.1, 0.15) is 5.82 Å². The maximum absolute atomic E-state index is 13.2. The van der Waals surface area contributed by atoms with Crippen molar-refractivity contribution in [2.45, 2.75) is 38.9 Å². The Morgan fingerprint density at radius 3 is 2.86 bits per heavy atom. The fraction of sp³-hybridized carbons (Fsp3) is 0.350. The van der Waals surface area contributed by atoms with Crippen molar-refractivity contribution in [1.29, 1.82) is 0 Å². The summed E-state index contributed by atoms with van der Waals surface area (Å²) in [6.07, 6.45) is 3.33. The average molecular weight is 383 g/mol. The van der Waals surface area contributed by atoms with E-state index in [-0.39, 0.29) is 12.2 Å². The summed E-state index contributed by atoms with van der Waals surface area (Å²) in [7, 11) is 0. The third-order valence-electron chi connectivity index (χ3n) is 4.98. The Morgan fingerprint density at radius 2 is 2.07 bits per heavy atom. The van der Waals surface area contributed by atoms with E-state index in [1.165, 1.54) is 12.1 Å². The SMILES string of the molecule is O=C(O)CCc1cc2n(n1)CCCN(Cc1cn[nH]c1-c1ccc(F)cc1)C2. The summed E-state index contributed by atoms with van der Waals surface area (Å²) >= 11 is 0. The van der Waals surface area contributed by atoms with Gasteiger partial charge in [-0.25, -0.2) is 4.39 Å². The molecule has 4 rings (SSSR count). The van der Waals surface area contributed by atoms with Gasteiger partial charge in [0.2, 0.25) is 0 Å².